The average Bonchev–Trinajstić information content (AvgIpc) is 3.78. The number of piperidine rings is 1. The van der Waals surface area contributed by atoms with Gasteiger partial charge in [-0.3, -0.25) is 4.79 Å². The van der Waals surface area contributed by atoms with Gasteiger partial charge < -0.3 is 39.1 Å². The van der Waals surface area contributed by atoms with E-state index in [1.807, 2.05) is 46.8 Å². The van der Waals surface area contributed by atoms with Gasteiger partial charge in [0, 0.05) is 31.1 Å². The van der Waals surface area contributed by atoms with Crippen LogP contribution in [0, 0.1) is 12.8 Å². The molecule has 5 atom stereocenters. The zero-order chi connectivity index (χ0) is 34.9. The number of hydrogen-bond donors (Lipinski definition) is 2. The number of aryl methyl sites for hydroxylation is 1. The lowest BCUT2D eigenvalue weighted by molar-refractivity contribution is -0.170. The molecular formula is C39H62N2O8. The quantitative estimate of drug-likeness (QED) is 0.162. The number of nitrogens with one attached hydrogen (secondary N) is 2. The molecule has 1 saturated heterocycles. The summed E-state index contributed by atoms with van der Waals surface area (Å²) < 4.78 is 37.6. The summed E-state index contributed by atoms with van der Waals surface area (Å²) in [5.74, 6) is 1.67. The second kappa shape index (κ2) is 15.3. The first-order valence-electron chi connectivity index (χ1n) is 17.8. The Bertz CT molecular complexity index is 1370. The molecule has 1 aromatic carbocycles. The molecular weight excluding hydrogens is 624 g/mol. The topological polar surface area (TPSA) is 114 Å². The van der Waals surface area contributed by atoms with E-state index in [1.165, 1.54) is 12.8 Å². The maximum Gasteiger partial charge on any atom is 0.333 e. The van der Waals surface area contributed by atoms with Gasteiger partial charge in [0.1, 0.15) is 17.4 Å². The average molecular weight is 687 g/mol. The summed E-state index contributed by atoms with van der Waals surface area (Å²) in [4.78, 5) is 26.3. The Morgan fingerprint density at radius 2 is 1.86 bits per heavy atom. The summed E-state index contributed by atoms with van der Waals surface area (Å²) in [5.41, 5.74) is 0.342. The van der Waals surface area contributed by atoms with E-state index in [-0.39, 0.29) is 31.4 Å². The molecule has 1 spiro atoms. The van der Waals surface area contributed by atoms with Crippen LogP contribution in [0.1, 0.15) is 112 Å². The van der Waals surface area contributed by atoms with Gasteiger partial charge >= 0.3 is 5.97 Å². The van der Waals surface area contributed by atoms with Crippen LogP contribution in [0.15, 0.2) is 24.0 Å². The Kier molecular flexibility index (Phi) is 12.2. The van der Waals surface area contributed by atoms with Crippen molar-refractivity contribution >= 4 is 11.9 Å². The molecule has 10 nitrogen and oxygen atoms in total. The predicted molar refractivity (Wildman–Crippen MR) is 190 cm³/mol. The Hall–Kier alpha value is -2.66. The van der Waals surface area contributed by atoms with Gasteiger partial charge in [0.15, 0.2) is 17.6 Å². The molecule has 10 heteroatoms. The molecule has 2 N–H and O–H groups in total. The number of benzene rings is 1. The van der Waals surface area contributed by atoms with Crippen molar-refractivity contribution in [1.82, 2.24) is 10.6 Å². The Morgan fingerprint density at radius 1 is 1.12 bits per heavy atom. The van der Waals surface area contributed by atoms with Crippen molar-refractivity contribution in [2.24, 2.45) is 5.92 Å². The maximum absolute atomic E-state index is 13.5. The predicted octanol–water partition coefficient (Wildman–Crippen LogP) is 6.30. The van der Waals surface area contributed by atoms with Crippen LogP contribution < -0.4 is 20.1 Å². The van der Waals surface area contributed by atoms with Crippen molar-refractivity contribution in [3.8, 4) is 11.5 Å². The minimum absolute atomic E-state index is 0. The largest absolute Gasteiger partial charge is 0.493 e. The summed E-state index contributed by atoms with van der Waals surface area (Å²) in [6, 6.07) is 3.21. The molecule has 2 aliphatic heterocycles. The molecule has 276 valence electrons. The fraction of sp³-hybridized carbons (Fsp3) is 0.744. The number of amides is 1. The number of rotatable bonds is 15. The lowest BCUT2D eigenvalue weighted by Gasteiger charge is -2.58. The van der Waals surface area contributed by atoms with Crippen molar-refractivity contribution in [2.75, 3.05) is 33.5 Å². The molecule has 1 aromatic rings. The van der Waals surface area contributed by atoms with Crippen molar-refractivity contribution in [2.45, 2.75) is 148 Å². The first kappa shape index (κ1) is 39.1. The molecule has 3 unspecified atom stereocenters. The third-order valence-corrected chi connectivity index (χ3v) is 10.3. The second-order valence-corrected chi connectivity index (χ2v) is 15.8. The molecule has 1 amide bonds. The van der Waals surface area contributed by atoms with Gasteiger partial charge in [0.2, 0.25) is 5.91 Å². The number of methoxy groups -OCH3 is 1. The minimum atomic E-state index is -0.830. The Morgan fingerprint density at radius 3 is 2.53 bits per heavy atom. The van der Waals surface area contributed by atoms with E-state index in [0.717, 1.165) is 30.5 Å². The fourth-order valence-corrected chi connectivity index (χ4v) is 7.51. The molecule has 49 heavy (non-hydrogen) atoms. The van der Waals surface area contributed by atoms with Crippen LogP contribution >= 0.6 is 0 Å². The van der Waals surface area contributed by atoms with Gasteiger partial charge in [0.05, 0.1) is 36.9 Å². The molecule has 0 bridgehead atoms. The van der Waals surface area contributed by atoms with Crippen LogP contribution in [-0.2, 0) is 34.0 Å². The van der Waals surface area contributed by atoms with Crippen molar-refractivity contribution in [3.63, 3.8) is 0 Å². The molecule has 0 radical (unpaired) electrons. The smallest absolute Gasteiger partial charge is 0.333 e. The number of carbonyl (C=O) groups excluding carboxylic acids is 2. The summed E-state index contributed by atoms with van der Waals surface area (Å²) in [7, 11) is 1.65. The Labute approximate surface area is 294 Å². The number of ether oxygens (including phenoxy) is 6. The first-order valence-corrected chi connectivity index (χ1v) is 17.8. The molecule has 2 heterocycles. The highest BCUT2D eigenvalue weighted by molar-refractivity contribution is 5.84. The number of unbranched alkanes of at least 4 members (excludes halogenated alkanes) is 1. The summed E-state index contributed by atoms with van der Waals surface area (Å²) in [5, 5.41) is 6.51. The second-order valence-electron chi connectivity index (χ2n) is 15.8. The third kappa shape index (κ3) is 8.29. The van der Waals surface area contributed by atoms with E-state index in [0.29, 0.717) is 55.8 Å². The van der Waals surface area contributed by atoms with Gasteiger partial charge in [-0.05, 0) is 118 Å². The van der Waals surface area contributed by atoms with Gasteiger partial charge in [-0.15, -0.1) is 0 Å². The van der Waals surface area contributed by atoms with Crippen molar-refractivity contribution < 1.29 is 38.0 Å². The molecule has 4 aliphatic rings. The zero-order valence-corrected chi connectivity index (χ0v) is 30.6. The molecule has 0 aromatic heterocycles. The SMILES string of the molecule is C.COc1ccc(C)c2c1O[C@H]1C(OC(=O)[C@H](C)NC(=O)CCCCOC(C)(C)COC(C)(C)C)=CCC3(OCC4CC4)C(C)NCCC213. The summed E-state index contributed by atoms with van der Waals surface area (Å²) in [6.07, 6.45) is 6.73. The first-order chi connectivity index (χ1) is 22.6. The standard InChI is InChI=1S/C38H58N2O8.CH4/c1-24-13-16-28(43-9)32-31(24)37-19-20-39-26(3)38(37,45-22-27-14-15-27)18-17-29(33(37)48-32)47-34(42)25(2)40-30(41)12-10-11-21-44-36(7,8)23-46-35(4,5)6;/h13,16-17,25-27,33,39H,10-12,14-15,18-23H2,1-9H3,(H,40,41);1H4/t25-,26?,33-,37?,38?;/m0./s1. The third-order valence-electron chi connectivity index (χ3n) is 10.3. The highest BCUT2D eigenvalue weighted by Crippen LogP contribution is 2.63. The van der Waals surface area contributed by atoms with Crippen LogP contribution in [0.4, 0.5) is 0 Å². The normalized spacial score (nSPS) is 26.6. The molecule has 2 aliphatic carbocycles. The van der Waals surface area contributed by atoms with E-state index >= 15 is 0 Å². The van der Waals surface area contributed by atoms with Crippen molar-refractivity contribution in [1.29, 1.82) is 0 Å². The van der Waals surface area contributed by atoms with E-state index in [1.54, 1.807) is 14.0 Å². The molecule has 1 saturated carbocycles. The van der Waals surface area contributed by atoms with Gasteiger partial charge in [-0.2, -0.15) is 0 Å². The van der Waals surface area contributed by atoms with Crippen LogP contribution in [0.3, 0.4) is 0 Å². The number of fused-ring (bicyclic) bond motifs is 1. The van der Waals surface area contributed by atoms with Crippen molar-refractivity contribution in [3.05, 3.63) is 35.1 Å². The molecule has 2 fully saturated rings. The van der Waals surface area contributed by atoms with E-state index < -0.39 is 34.7 Å². The zero-order valence-electron chi connectivity index (χ0n) is 30.6. The fourth-order valence-electron chi connectivity index (χ4n) is 7.51. The lowest BCUT2D eigenvalue weighted by atomic mass is 9.54. The van der Waals surface area contributed by atoms with Gasteiger partial charge in [-0.1, -0.05) is 13.5 Å². The highest BCUT2D eigenvalue weighted by atomic mass is 16.6. The maximum atomic E-state index is 13.5. The Balaban J connectivity index is 0.00000541. The van der Waals surface area contributed by atoms with Crippen LogP contribution in [-0.4, -0.2) is 80.3 Å². The van der Waals surface area contributed by atoms with Crippen LogP contribution in [0.2, 0.25) is 0 Å². The number of hydrogen-bond acceptors (Lipinski definition) is 9. The lowest BCUT2D eigenvalue weighted by Crippen LogP contribution is -2.72. The van der Waals surface area contributed by atoms with Gasteiger partial charge in [-0.25, -0.2) is 4.79 Å². The molecule has 5 rings (SSSR count). The minimum Gasteiger partial charge on any atom is -0.493 e. The van der Waals surface area contributed by atoms with E-state index in [2.05, 4.69) is 30.5 Å². The monoisotopic (exact) mass is 686 g/mol. The van der Waals surface area contributed by atoms with E-state index in [4.69, 9.17) is 28.4 Å². The highest BCUT2D eigenvalue weighted by Gasteiger charge is 2.70. The number of esters is 1. The van der Waals surface area contributed by atoms with Gasteiger partial charge in [0.25, 0.3) is 0 Å². The van der Waals surface area contributed by atoms with Crippen LogP contribution in [0.5, 0.6) is 11.5 Å². The van der Waals surface area contributed by atoms with Crippen LogP contribution in [0.25, 0.3) is 0 Å². The van der Waals surface area contributed by atoms with E-state index in [9.17, 15) is 9.59 Å². The number of carbonyl (C=O) groups is 2. The summed E-state index contributed by atoms with van der Waals surface area (Å²) >= 11 is 0. The summed E-state index contributed by atoms with van der Waals surface area (Å²) in [6.45, 7) is 18.5.